The van der Waals surface area contributed by atoms with Crippen molar-refractivity contribution in [2.24, 2.45) is 0 Å². The van der Waals surface area contributed by atoms with Crippen molar-refractivity contribution in [2.75, 3.05) is 7.11 Å². The standard InChI is InChI=1S/C7H8ClN3O2S/c1-13-3-5-10-11-4(2-12)6(8)9-7(11)14-5/h12H,2-3H2,1H3. The number of fused-ring (bicyclic) bond motifs is 1. The number of imidazole rings is 1. The lowest BCUT2D eigenvalue weighted by Gasteiger charge is -1.92. The molecule has 0 aliphatic heterocycles. The molecule has 2 aromatic rings. The maximum atomic E-state index is 9.03. The van der Waals surface area contributed by atoms with Crippen molar-refractivity contribution in [1.82, 2.24) is 14.6 Å². The van der Waals surface area contributed by atoms with Crippen LogP contribution < -0.4 is 0 Å². The number of halogens is 1. The van der Waals surface area contributed by atoms with Gasteiger partial charge in [0.2, 0.25) is 4.96 Å². The van der Waals surface area contributed by atoms with E-state index >= 15 is 0 Å². The third-order valence-electron chi connectivity index (χ3n) is 1.71. The molecule has 0 bridgehead atoms. The van der Waals surface area contributed by atoms with Crippen molar-refractivity contribution >= 4 is 27.9 Å². The van der Waals surface area contributed by atoms with Gasteiger partial charge in [0.25, 0.3) is 0 Å². The highest BCUT2D eigenvalue weighted by atomic mass is 35.5. The van der Waals surface area contributed by atoms with E-state index in [1.807, 2.05) is 0 Å². The molecule has 0 atom stereocenters. The van der Waals surface area contributed by atoms with Crippen molar-refractivity contribution in [3.63, 3.8) is 0 Å². The van der Waals surface area contributed by atoms with Crippen LogP contribution in [0.15, 0.2) is 0 Å². The Balaban J connectivity index is 2.51. The van der Waals surface area contributed by atoms with Gasteiger partial charge in [0, 0.05) is 7.11 Å². The molecule has 0 amide bonds. The number of rotatable bonds is 3. The molecule has 0 saturated heterocycles. The van der Waals surface area contributed by atoms with Crippen molar-refractivity contribution in [3.8, 4) is 0 Å². The largest absolute Gasteiger partial charge is 0.390 e. The molecule has 2 heterocycles. The van der Waals surface area contributed by atoms with Gasteiger partial charge in [-0.15, -0.1) is 0 Å². The van der Waals surface area contributed by atoms with Crippen molar-refractivity contribution < 1.29 is 9.84 Å². The lowest BCUT2D eigenvalue weighted by molar-refractivity contribution is 0.183. The molecular weight excluding hydrogens is 226 g/mol. The van der Waals surface area contributed by atoms with Crippen LogP contribution in [0.2, 0.25) is 5.15 Å². The minimum Gasteiger partial charge on any atom is -0.390 e. The van der Waals surface area contributed by atoms with Crippen LogP contribution in [0, 0.1) is 0 Å². The topological polar surface area (TPSA) is 59.7 Å². The third-order valence-corrected chi connectivity index (χ3v) is 2.89. The van der Waals surface area contributed by atoms with E-state index < -0.39 is 0 Å². The Morgan fingerprint density at radius 1 is 1.64 bits per heavy atom. The van der Waals surface area contributed by atoms with Crippen LogP contribution in [0.4, 0.5) is 0 Å². The highest BCUT2D eigenvalue weighted by molar-refractivity contribution is 7.16. The Bertz CT molecular complexity index is 453. The SMILES string of the molecule is COCc1nn2c(CO)c(Cl)nc2s1. The number of aliphatic hydroxyl groups is 1. The van der Waals surface area contributed by atoms with Gasteiger partial charge in [-0.3, -0.25) is 0 Å². The quantitative estimate of drug-likeness (QED) is 0.862. The zero-order chi connectivity index (χ0) is 10.1. The summed E-state index contributed by atoms with van der Waals surface area (Å²) < 4.78 is 6.48. The number of ether oxygens (including phenoxy) is 1. The number of aromatic nitrogens is 3. The van der Waals surface area contributed by atoms with Gasteiger partial charge < -0.3 is 9.84 Å². The summed E-state index contributed by atoms with van der Waals surface area (Å²) in [5.41, 5.74) is 0.514. The zero-order valence-corrected chi connectivity index (χ0v) is 8.97. The lowest BCUT2D eigenvalue weighted by Crippen LogP contribution is -1.95. The minimum absolute atomic E-state index is 0.170. The van der Waals surface area contributed by atoms with Crippen molar-refractivity contribution in [2.45, 2.75) is 13.2 Å². The average Bonchev–Trinajstić information content (AvgIpc) is 2.61. The molecule has 0 fully saturated rings. The predicted molar refractivity (Wildman–Crippen MR) is 52.5 cm³/mol. The molecule has 0 aliphatic carbocycles. The van der Waals surface area contributed by atoms with Crippen LogP contribution in [-0.4, -0.2) is 26.8 Å². The summed E-state index contributed by atoms with van der Waals surface area (Å²) in [6.45, 7) is 0.271. The highest BCUT2D eigenvalue weighted by Crippen LogP contribution is 2.22. The fourth-order valence-corrected chi connectivity index (χ4v) is 2.27. The number of hydrogen-bond acceptors (Lipinski definition) is 5. The summed E-state index contributed by atoms with van der Waals surface area (Å²) in [7, 11) is 1.60. The van der Waals surface area contributed by atoms with E-state index in [0.717, 1.165) is 5.01 Å². The molecule has 0 aromatic carbocycles. The number of nitrogens with zero attached hydrogens (tertiary/aromatic N) is 3. The second kappa shape index (κ2) is 3.82. The molecule has 0 radical (unpaired) electrons. The first kappa shape index (κ1) is 9.85. The Morgan fingerprint density at radius 2 is 2.43 bits per heavy atom. The van der Waals surface area contributed by atoms with E-state index in [2.05, 4.69) is 10.1 Å². The summed E-state index contributed by atoms with van der Waals surface area (Å²) >= 11 is 7.17. The van der Waals surface area contributed by atoms with E-state index in [0.29, 0.717) is 22.4 Å². The number of methoxy groups -OCH3 is 1. The predicted octanol–water partition coefficient (Wildman–Crippen LogP) is 1.08. The smallest absolute Gasteiger partial charge is 0.214 e. The van der Waals surface area contributed by atoms with Gasteiger partial charge in [-0.2, -0.15) is 5.10 Å². The summed E-state index contributed by atoms with van der Waals surface area (Å²) in [6.07, 6.45) is 0. The normalized spacial score (nSPS) is 11.4. The first-order valence-corrected chi connectivity index (χ1v) is 5.08. The summed E-state index contributed by atoms with van der Waals surface area (Å²) in [4.78, 5) is 4.73. The van der Waals surface area contributed by atoms with Gasteiger partial charge >= 0.3 is 0 Å². The van der Waals surface area contributed by atoms with Crippen LogP contribution in [0.25, 0.3) is 4.96 Å². The zero-order valence-electron chi connectivity index (χ0n) is 7.40. The molecule has 5 nitrogen and oxygen atoms in total. The Morgan fingerprint density at radius 3 is 3.07 bits per heavy atom. The second-order valence-electron chi connectivity index (χ2n) is 2.63. The Hall–Kier alpha value is -0.690. The molecule has 76 valence electrons. The molecule has 1 N–H and O–H groups in total. The van der Waals surface area contributed by atoms with Crippen LogP contribution in [0.3, 0.4) is 0 Å². The van der Waals surface area contributed by atoms with Crippen LogP contribution in [-0.2, 0) is 18.0 Å². The first-order chi connectivity index (χ1) is 6.76. The summed E-state index contributed by atoms with van der Waals surface area (Å²) in [5, 5.41) is 14.3. The van der Waals surface area contributed by atoms with Gasteiger partial charge in [0.1, 0.15) is 10.7 Å². The Kier molecular flexibility index (Phi) is 2.69. The summed E-state index contributed by atoms with van der Waals surface area (Å²) in [5.74, 6) is 0. The van der Waals surface area contributed by atoms with Gasteiger partial charge in [0.05, 0.1) is 13.2 Å². The lowest BCUT2D eigenvalue weighted by atomic mass is 10.5. The third kappa shape index (κ3) is 1.50. The molecule has 0 spiro atoms. The van der Waals surface area contributed by atoms with E-state index in [4.69, 9.17) is 21.4 Å². The van der Waals surface area contributed by atoms with Gasteiger partial charge in [-0.25, -0.2) is 9.50 Å². The molecule has 2 rings (SSSR count). The maximum absolute atomic E-state index is 9.03. The van der Waals surface area contributed by atoms with Crippen LogP contribution in [0.1, 0.15) is 10.7 Å². The van der Waals surface area contributed by atoms with E-state index in [9.17, 15) is 0 Å². The molecule has 0 saturated carbocycles. The van der Waals surface area contributed by atoms with Gasteiger partial charge in [-0.05, 0) is 0 Å². The highest BCUT2D eigenvalue weighted by Gasteiger charge is 2.13. The van der Waals surface area contributed by atoms with E-state index in [1.165, 1.54) is 11.3 Å². The molecule has 0 unspecified atom stereocenters. The number of hydrogen-bond donors (Lipinski definition) is 1. The van der Waals surface area contributed by atoms with Crippen LogP contribution in [0.5, 0.6) is 0 Å². The number of aliphatic hydroxyl groups excluding tert-OH is 1. The molecule has 7 heteroatoms. The fourth-order valence-electron chi connectivity index (χ4n) is 1.12. The molecule has 0 aliphatic rings. The van der Waals surface area contributed by atoms with Crippen molar-refractivity contribution in [1.29, 1.82) is 0 Å². The van der Waals surface area contributed by atoms with E-state index in [-0.39, 0.29) is 6.61 Å². The molecule has 2 aromatic heterocycles. The summed E-state index contributed by atoms with van der Waals surface area (Å²) in [6, 6.07) is 0. The van der Waals surface area contributed by atoms with Crippen LogP contribution >= 0.6 is 22.9 Å². The first-order valence-electron chi connectivity index (χ1n) is 3.89. The maximum Gasteiger partial charge on any atom is 0.214 e. The Labute approximate surface area is 88.9 Å². The minimum atomic E-state index is -0.170. The van der Waals surface area contributed by atoms with E-state index in [1.54, 1.807) is 11.6 Å². The fraction of sp³-hybridized carbons (Fsp3) is 0.429. The van der Waals surface area contributed by atoms with Crippen molar-refractivity contribution in [3.05, 3.63) is 15.9 Å². The molecule has 14 heavy (non-hydrogen) atoms. The monoisotopic (exact) mass is 233 g/mol. The van der Waals surface area contributed by atoms with Gasteiger partial charge in [-0.1, -0.05) is 22.9 Å². The second-order valence-corrected chi connectivity index (χ2v) is 4.03. The average molecular weight is 234 g/mol. The van der Waals surface area contributed by atoms with Gasteiger partial charge in [0.15, 0.2) is 5.15 Å². The molecular formula is C7H8ClN3O2S.